The maximum Gasteiger partial charge on any atom is 0.187 e. The molecular formula is C15H11ClO. The van der Waals surface area contributed by atoms with E-state index in [9.17, 15) is 4.79 Å². The molecule has 0 bridgehead atoms. The molecule has 0 atom stereocenters. The van der Waals surface area contributed by atoms with Crippen LogP contribution in [0.25, 0.3) is 5.03 Å². The van der Waals surface area contributed by atoms with E-state index in [4.69, 9.17) is 11.6 Å². The summed E-state index contributed by atoms with van der Waals surface area (Å²) in [4.78, 5) is 11.9. The molecule has 0 saturated heterocycles. The zero-order valence-corrected chi connectivity index (χ0v) is 9.89. The summed E-state index contributed by atoms with van der Waals surface area (Å²) in [6, 6.07) is 18.5. The fraction of sp³-hybridized carbons (Fsp3) is 0. The summed E-state index contributed by atoms with van der Waals surface area (Å²) in [6.45, 7) is 0. The van der Waals surface area contributed by atoms with Crippen LogP contribution in [-0.2, 0) is 0 Å². The van der Waals surface area contributed by atoms with Crippen LogP contribution in [0.15, 0.2) is 66.7 Å². The number of allylic oxidation sites excluding steroid dienone is 1. The average Bonchev–Trinajstić information content (AvgIpc) is 2.40. The van der Waals surface area contributed by atoms with Crippen molar-refractivity contribution in [3.63, 3.8) is 0 Å². The molecule has 0 fully saturated rings. The molecule has 0 unspecified atom stereocenters. The summed E-state index contributed by atoms with van der Waals surface area (Å²) in [5.41, 5.74) is 1.49. The van der Waals surface area contributed by atoms with Crippen molar-refractivity contribution < 1.29 is 4.79 Å². The lowest BCUT2D eigenvalue weighted by Gasteiger charge is -1.99. The predicted octanol–water partition coefficient (Wildman–Crippen LogP) is 4.15. The van der Waals surface area contributed by atoms with E-state index in [1.54, 1.807) is 12.1 Å². The highest BCUT2D eigenvalue weighted by atomic mass is 35.5. The van der Waals surface area contributed by atoms with Gasteiger partial charge in [-0.1, -0.05) is 72.3 Å². The minimum atomic E-state index is -0.0838. The van der Waals surface area contributed by atoms with E-state index in [-0.39, 0.29) is 5.78 Å². The molecule has 2 rings (SSSR count). The van der Waals surface area contributed by atoms with Crippen LogP contribution in [0, 0.1) is 0 Å². The molecular weight excluding hydrogens is 232 g/mol. The van der Waals surface area contributed by atoms with E-state index in [1.807, 2.05) is 48.5 Å². The Morgan fingerprint density at radius 2 is 1.29 bits per heavy atom. The van der Waals surface area contributed by atoms with Gasteiger partial charge in [0, 0.05) is 11.6 Å². The standard InChI is InChI=1S/C15H11ClO/c16-14(12-7-3-1-4-8-12)11-15(17)13-9-5-2-6-10-13/h1-11H/b14-11+. The van der Waals surface area contributed by atoms with Crippen LogP contribution < -0.4 is 0 Å². The van der Waals surface area contributed by atoms with Crippen LogP contribution in [-0.4, -0.2) is 5.78 Å². The van der Waals surface area contributed by atoms with Crippen molar-refractivity contribution in [2.24, 2.45) is 0 Å². The summed E-state index contributed by atoms with van der Waals surface area (Å²) in [7, 11) is 0. The normalized spacial score (nSPS) is 11.2. The van der Waals surface area contributed by atoms with Crippen molar-refractivity contribution in [2.45, 2.75) is 0 Å². The molecule has 0 radical (unpaired) electrons. The van der Waals surface area contributed by atoms with Crippen LogP contribution in [0.3, 0.4) is 0 Å². The van der Waals surface area contributed by atoms with Crippen LogP contribution in [0.1, 0.15) is 15.9 Å². The second kappa shape index (κ2) is 5.46. The van der Waals surface area contributed by atoms with Crippen LogP contribution in [0.4, 0.5) is 0 Å². The van der Waals surface area contributed by atoms with Crippen molar-refractivity contribution in [3.05, 3.63) is 77.9 Å². The first-order chi connectivity index (χ1) is 8.27. The van der Waals surface area contributed by atoms with Gasteiger partial charge in [0.15, 0.2) is 5.78 Å². The molecule has 2 heteroatoms. The zero-order valence-electron chi connectivity index (χ0n) is 9.14. The molecule has 1 nitrogen and oxygen atoms in total. The Bertz CT molecular complexity index is 529. The van der Waals surface area contributed by atoms with Crippen LogP contribution >= 0.6 is 11.6 Å². The van der Waals surface area contributed by atoms with Gasteiger partial charge in [-0.15, -0.1) is 0 Å². The van der Waals surface area contributed by atoms with E-state index in [0.717, 1.165) is 5.56 Å². The molecule has 2 aromatic carbocycles. The maximum absolute atomic E-state index is 11.9. The first-order valence-electron chi connectivity index (χ1n) is 5.29. The number of rotatable bonds is 3. The lowest BCUT2D eigenvalue weighted by molar-refractivity contribution is 0.104. The van der Waals surface area contributed by atoms with Gasteiger partial charge in [0.1, 0.15) is 0 Å². The Morgan fingerprint density at radius 3 is 1.82 bits per heavy atom. The lowest BCUT2D eigenvalue weighted by atomic mass is 10.1. The van der Waals surface area contributed by atoms with E-state index >= 15 is 0 Å². The molecule has 0 aliphatic rings. The first kappa shape index (κ1) is 11.6. The van der Waals surface area contributed by atoms with Gasteiger partial charge < -0.3 is 0 Å². The number of carbonyl (C=O) groups is 1. The summed E-state index contributed by atoms with van der Waals surface area (Å²) in [5, 5.41) is 0.458. The fourth-order valence-electron chi connectivity index (χ4n) is 1.48. The number of halogens is 1. The molecule has 0 heterocycles. The Morgan fingerprint density at radius 1 is 0.824 bits per heavy atom. The largest absolute Gasteiger partial charge is 0.289 e. The third-order valence-corrected chi connectivity index (χ3v) is 2.69. The Balaban J connectivity index is 2.24. The SMILES string of the molecule is O=C(/C=C(/Cl)c1ccccc1)c1ccccc1. The van der Waals surface area contributed by atoms with Gasteiger partial charge in [0.25, 0.3) is 0 Å². The second-order valence-electron chi connectivity index (χ2n) is 3.59. The number of hydrogen-bond donors (Lipinski definition) is 0. The van der Waals surface area contributed by atoms with Gasteiger partial charge in [-0.05, 0) is 5.56 Å². The Labute approximate surface area is 105 Å². The molecule has 84 valence electrons. The molecule has 0 saturated carbocycles. The van der Waals surface area contributed by atoms with Gasteiger partial charge in [0.05, 0.1) is 5.03 Å². The lowest BCUT2D eigenvalue weighted by Crippen LogP contribution is -1.94. The fourth-order valence-corrected chi connectivity index (χ4v) is 1.71. The van der Waals surface area contributed by atoms with Gasteiger partial charge in [0.2, 0.25) is 0 Å². The number of benzene rings is 2. The smallest absolute Gasteiger partial charge is 0.187 e. The molecule has 0 spiro atoms. The highest BCUT2D eigenvalue weighted by Crippen LogP contribution is 2.19. The summed E-state index contributed by atoms with van der Waals surface area (Å²) < 4.78 is 0. The zero-order chi connectivity index (χ0) is 12.1. The minimum Gasteiger partial charge on any atom is -0.289 e. The Hall–Kier alpha value is -1.86. The van der Waals surface area contributed by atoms with Crippen molar-refractivity contribution in [1.82, 2.24) is 0 Å². The maximum atomic E-state index is 11.9. The summed E-state index contributed by atoms with van der Waals surface area (Å²) in [5.74, 6) is -0.0838. The summed E-state index contributed by atoms with van der Waals surface area (Å²) in [6.07, 6.45) is 1.45. The highest BCUT2D eigenvalue weighted by Gasteiger charge is 2.04. The van der Waals surface area contributed by atoms with Crippen molar-refractivity contribution >= 4 is 22.4 Å². The molecule has 0 aliphatic carbocycles. The molecule has 17 heavy (non-hydrogen) atoms. The highest BCUT2D eigenvalue weighted by molar-refractivity contribution is 6.50. The average molecular weight is 243 g/mol. The number of ketones is 1. The van der Waals surface area contributed by atoms with E-state index in [1.165, 1.54) is 6.08 Å². The predicted molar refractivity (Wildman–Crippen MR) is 71.0 cm³/mol. The van der Waals surface area contributed by atoms with Gasteiger partial charge >= 0.3 is 0 Å². The van der Waals surface area contributed by atoms with Crippen LogP contribution in [0.2, 0.25) is 0 Å². The second-order valence-corrected chi connectivity index (χ2v) is 4.00. The van der Waals surface area contributed by atoms with E-state index in [2.05, 4.69) is 0 Å². The minimum absolute atomic E-state index is 0.0838. The topological polar surface area (TPSA) is 17.1 Å². The van der Waals surface area contributed by atoms with Gasteiger partial charge in [-0.2, -0.15) is 0 Å². The van der Waals surface area contributed by atoms with Crippen molar-refractivity contribution in [3.8, 4) is 0 Å². The van der Waals surface area contributed by atoms with E-state index < -0.39 is 0 Å². The van der Waals surface area contributed by atoms with Crippen LogP contribution in [0.5, 0.6) is 0 Å². The van der Waals surface area contributed by atoms with Crippen molar-refractivity contribution in [1.29, 1.82) is 0 Å². The Kier molecular flexibility index (Phi) is 3.73. The first-order valence-corrected chi connectivity index (χ1v) is 5.67. The molecule has 0 amide bonds. The third kappa shape index (κ3) is 3.05. The number of carbonyl (C=O) groups excluding carboxylic acids is 1. The molecule has 2 aromatic rings. The quantitative estimate of drug-likeness (QED) is 0.584. The third-order valence-electron chi connectivity index (χ3n) is 2.37. The van der Waals surface area contributed by atoms with Gasteiger partial charge in [-0.25, -0.2) is 0 Å². The summed E-state index contributed by atoms with van der Waals surface area (Å²) >= 11 is 6.09. The number of hydrogen-bond acceptors (Lipinski definition) is 1. The van der Waals surface area contributed by atoms with Crippen molar-refractivity contribution in [2.75, 3.05) is 0 Å². The monoisotopic (exact) mass is 242 g/mol. The molecule has 0 N–H and O–H groups in total. The molecule has 0 aromatic heterocycles. The van der Waals surface area contributed by atoms with E-state index in [0.29, 0.717) is 10.6 Å². The van der Waals surface area contributed by atoms with Gasteiger partial charge in [-0.3, -0.25) is 4.79 Å². The molecule has 0 aliphatic heterocycles.